The first-order valence-corrected chi connectivity index (χ1v) is 8.88. The van der Waals surface area contributed by atoms with Crippen molar-refractivity contribution in [2.75, 3.05) is 6.54 Å². The first kappa shape index (κ1) is 16.5. The van der Waals surface area contributed by atoms with Crippen molar-refractivity contribution in [2.24, 2.45) is 5.92 Å². The fourth-order valence-corrected chi connectivity index (χ4v) is 3.42. The van der Waals surface area contributed by atoms with Crippen LogP contribution in [0.25, 0.3) is 0 Å². The molecule has 0 saturated carbocycles. The molecule has 21 heavy (non-hydrogen) atoms. The summed E-state index contributed by atoms with van der Waals surface area (Å²) in [5.41, 5.74) is 2.49. The molecule has 1 aromatic carbocycles. The van der Waals surface area contributed by atoms with Crippen LogP contribution in [0.2, 0.25) is 0 Å². The smallest absolute Gasteiger partial charge is 0.124 e. The van der Waals surface area contributed by atoms with Gasteiger partial charge in [-0.25, -0.2) is 0 Å². The van der Waals surface area contributed by atoms with Gasteiger partial charge < -0.3 is 10.1 Å². The Morgan fingerprint density at radius 1 is 1.29 bits per heavy atom. The summed E-state index contributed by atoms with van der Waals surface area (Å²) in [6.07, 6.45) is 0. The molecule has 4 heteroatoms. The molecule has 0 unspecified atom stereocenters. The minimum absolute atomic E-state index is 0.622. The molecule has 0 aliphatic rings. The normalized spacial score (nSPS) is 11.1. The van der Waals surface area contributed by atoms with Gasteiger partial charge in [0.1, 0.15) is 12.4 Å². The zero-order valence-electron chi connectivity index (χ0n) is 12.8. The van der Waals surface area contributed by atoms with E-state index >= 15 is 0 Å². The standard InChI is InChI=1S/C17H22BrNOS/c1-12(2)8-19-9-14-6-13(3)4-5-17(14)20-10-16-7-15(18)11-21-16/h4-7,11-12,19H,8-10H2,1-3H3. The lowest BCUT2D eigenvalue weighted by molar-refractivity contribution is 0.305. The number of hydrogen-bond donors (Lipinski definition) is 1. The summed E-state index contributed by atoms with van der Waals surface area (Å²) in [4.78, 5) is 1.23. The van der Waals surface area contributed by atoms with Crippen molar-refractivity contribution >= 4 is 27.3 Å². The van der Waals surface area contributed by atoms with Crippen LogP contribution in [0, 0.1) is 12.8 Å². The molecule has 1 aromatic heterocycles. The lowest BCUT2D eigenvalue weighted by Crippen LogP contribution is -2.19. The zero-order valence-corrected chi connectivity index (χ0v) is 15.2. The Hall–Kier alpha value is -0.840. The lowest BCUT2D eigenvalue weighted by Gasteiger charge is -2.13. The van der Waals surface area contributed by atoms with Crippen LogP contribution in [-0.4, -0.2) is 6.54 Å². The van der Waals surface area contributed by atoms with E-state index in [2.05, 4.69) is 71.7 Å². The summed E-state index contributed by atoms with van der Waals surface area (Å²) in [5.74, 6) is 1.63. The highest BCUT2D eigenvalue weighted by Gasteiger charge is 2.06. The third-order valence-corrected chi connectivity index (χ3v) is 4.75. The van der Waals surface area contributed by atoms with Gasteiger partial charge in [0.2, 0.25) is 0 Å². The monoisotopic (exact) mass is 367 g/mol. The maximum Gasteiger partial charge on any atom is 0.124 e. The van der Waals surface area contributed by atoms with E-state index in [1.165, 1.54) is 16.0 Å². The quantitative estimate of drug-likeness (QED) is 0.730. The number of hydrogen-bond acceptors (Lipinski definition) is 3. The number of benzene rings is 1. The fourth-order valence-electron chi connectivity index (χ4n) is 2.06. The molecular weight excluding hydrogens is 346 g/mol. The molecule has 0 saturated heterocycles. The highest BCUT2D eigenvalue weighted by molar-refractivity contribution is 9.10. The first-order valence-electron chi connectivity index (χ1n) is 7.20. The number of halogens is 1. The van der Waals surface area contributed by atoms with Crippen molar-refractivity contribution in [3.8, 4) is 5.75 Å². The second-order valence-corrected chi connectivity index (χ2v) is 7.57. The van der Waals surface area contributed by atoms with Gasteiger partial charge >= 0.3 is 0 Å². The van der Waals surface area contributed by atoms with Crippen molar-refractivity contribution in [1.82, 2.24) is 5.32 Å². The molecule has 0 spiro atoms. The molecule has 0 aliphatic carbocycles. The highest BCUT2D eigenvalue weighted by Crippen LogP contribution is 2.24. The summed E-state index contributed by atoms with van der Waals surface area (Å²) >= 11 is 5.19. The average molecular weight is 368 g/mol. The molecule has 2 aromatic rings. The second-order valence-electron chi connectivity index (χ2n) is 5.66. The molecule has 0 aliphatic heterocycles. The Morgan fingerprint density at radius 2 is 2.10 bits per heavy atom. The van der Waals surface area contributed by atoms with Crippen LogP contribution in [0.4, 0.5) is 0 Å². The Labute approximate surface area is 139 Å². The molecule has 0 fully saturated rings. The average Bonchev–Trinajstić information content (AvgIpc) is 2.83. The number of nitrogens with one attached hydrogen (secondary N) is 1. The molecule has 0 bridgehead atoms. The van der Waals surface area contributed by atoms with E-state index in [1.54, 1.807) is 11.3 Å². The van der Waals surface area contributed by atoms with Crippen LogP contribution < -0.4 is 10.1 Å². The van der Waals surface area contributed by atoms with Crippen LogP contribution in [0.3, 0.4) is 0 Å². The summed E-state index contributed by atoms with van der Waals surface area (Å²) in [7, 11) is 0. The van der Waals surface area contributed by atoms with Crippen LogP contribution in [0.1, 0.15) is 29.9 Å². The number of thiophene rings is 1. The SMILES string of the molecule is Cc1ccc(OCc2cc(Br)cs2)c(CNCC(C)C)c1. The second kappa shape index (κ2) is 7.97. The third-order valence-electron chi connectivity index (χ3n) is 3.08. The van der Waals surface area contributed by atoms with Crippen LogP contribution >= 0.6 is 27.3 Å². The minimum Gasteiger partial charge on any atom is -0.488 e. The van der Waals surface area contributed by atoms with E-state index in [-0.39, 0.29) is 0 Å². The van der Waals surface area contributed by atoms with E-state index in [0.717, 1.165) is 23.3 Å². The predicted octanol–water partition coefficient (Wildman–Crippen LogP) is 5.14. The Bertz CT molecular complexity index is 580. The van der Waals surface area contributed by atoms with Gasteiger partial charge in [0.15, 0.2) is 0 Å². The number of rotatable bonds is 7. The minimum atomic E-state index is 0.622. The van der Waals surface area contributed by atoms with Crippen molar-refractivity contribution in [2.45, 2.75) is 33.9 Å². The van der Waals surface area contributed by atoms with Gasteiger partial charge in [0, 0.05) is 26.8 Å². The van der Waals surface area contributed by atoms with Crippen LogP contribution in [-0.2, 0) is 13.2 Å². The Kier molecular flexibility index (Phi) is 6.27. The van der Waals surface area contributed by atoms with Crippen molar-refractivity contribution in [3.63, 3.8) is 0 Å². The molecule has 0 radical (unpaired) electrons. The van der Waals surface area contributed by atoms with Gasteiger partial charge in [-0.2, -0.15) is 0 Å². The molecule has 1 heterocycles. The molecule has 1 N–H and O–H groups in total. The predicted molar refractivity (Wildman–Crippen MR) is 94.1 cm³/mol. The summed E-state index contributed by atoms with van der Waals surface area (Å²) < 4.78 is 7.12. The van der Waals surface area contributed by atoms with Gasteiger partial charge in [0.25, 0.3) is 0 Å². The molecule has 2 nitrogen and oxygen atoms in total. The third kappa shape index (κ3) is 5.46. The van der Waals surface area contributed by atoms with Gasteiger partial charge in [-0.15, -0.1) is 11.3 Å². The lowest BCUT2D eigenvalue weighted by atomic mass is 10.1. The highest BCUT2D eigenvalue weighted by atomic mass is 79.9. The maximum atomic E-state index is 6.00. The molecular formula is C17H22BrNOS. The Morgan fingerprint density at radius 3 is 2.76 bits per heavy atom. The van der Waals surface area contributed by atoms with Gasteiger partial charge in [-0.1, -0.05) is 31.5 Å². The number of aryl methyl sites for hydroxylation is 1. The fraction of sp³-hybridized carbons (Fsp3) is 0.412. The van der Waals surface area contributed by atoms with E-state index in [0.29, 0.717) is 12.5 Å². The van der Waals surface area contributed by atoms with Gasteiger partial charge in [-0.3, -0.25) is 0 Å². The van der Waals surface area contributed by atoms with E-state index in [1.807, 2.05) is 0 Å². The van der Waals surface area contributed by atoms with E-state index in [9.17, 15) is 0 Å². The van der Waals surface area contributed by atoms with Crippen LogP contribution in [0.5, 0.6) is 5.75 Å². The largest absolute Gasteiger partial charge is 0.488 e. The van der Waals surface area contributed by atoms with Gasteiger partial charge in [0.05, 0.1) is 0 Å². The summed E-state index contributed by atoms with van der Waals surface area (Å²) in [5, 5.41) is 5.57. The van der Waals surface area contributed by atoms with Crippen molar-refractivity contribution in [1.29, 1.82) is 0 Å². The number of ether oxygens (including phenoxy) is 1. The summed E-state index contributed by atoms with van der Waals surface area (Å²) in [6.45, 7) is 9.04. The van der Waals surface area contributed by atoms with Crippen molar-refractivity contribution in [3.05, 3.63) is 50.1 Å². The van der Waals surface area contributed by atoms with E-state index in [4.69, 9.17) is 4.74 Å². The Balaban J connectivity index is 2.00. The first-order chi connectivity index (χ1) is 10.0. The zero-order chi connectivity index (χ0) is 15.2. The van der Waals surface area contributed by atoms with Crippen molar-refractivity contribution < 1.29 is 4.74 Å². The molecule has 0 atom stereocenters. The molecule has 2 rings (SSSR count). The molecule has 114 valence electrons. The molecule has 0 amide bonds. The van der Waals surface area contributed by atoms with E-state index < -0.39 is 0 Å². The topological polar surface area (TPSA) is 21.3 Å². The van der Waals surface area contributed by atoms with Gasteiger partial charge in [-0.05, 0) is 47.4 Å². The van der Waals surface area contributed by atoms with Crippen LogP contribution in [0.15, 0.2) is 34.1 Å². The summed E-state index contributed by atoms with van der Waals surface area (Å²) in [6, 6.07) is 8.48. The maximum absolute atomic E-state index is 6.00.